The van der Waals surface area contributed by atoms with Gasteiger partial charge in [-0.15, -0.1) is 11.3 Å². The van der Waals surface area contributed by atoms with Crippen LogP contribution in [0.1, 0.15) is 25.3 Å². The number of aryl methyl sites for hydroxylation is 1. The summed E-state index contributed by atoms with van der Waals surface area (Å²) in [5.74, 6) is 1.12. The molecule has 3 rings (SSSR count). The number of hydrogen-bond donors (Lipinski definition) is 1. The van der Waals surface area contributed by atoms with Crippen molar-refractivity contribution < 1.29 is 0 Å². The Labute approximate surface area is 117 Å². The van der Waals surface area contributed by atoms with Crippen molar-refractivity contribution in [3.63, 3.8) is 0 Å². The van der Waals surface area contributed by atoms with Crippen LogP contribution < -0.4 is 10.2 Å². The van der Waals surface area contributed by atoms with E-state index in [1.165, 1.54) is 16.7 Å². The van der Waals surface area contributed by atoms with Gasteiger partial charge in [-0.3, -0.25) is 0 Å². The van der Waals surface area contributed by atoms with E-state index < -0.39 is 0 Å². The fraction of sp³-hybridized carbons (Fsp3) is 0.571. The van der Waals surface area contributed by atoms with E-state index in [-0.39, 0.29) is 0 Å². The minimum Gasteiger partial charge on any atom is -0.351 e. The summed E-state index contributed by atoms with van der Waals surface area (Å²) >= 11 is 1.77. The normalized spacial score (nSPS) is 19.2. The highest BCUT2D eigenvalue weighted by atomic mass is 32.1. The van der Waals surface area contributed by atoms with Crippen LogP contribution in [0.5, 0.6) is 0 Å². The number of nitrogens with one attached hydrogen (secondary N) is 1. The Balaban J connectivity index is 2.03. The maximum absolute atomic E-state index is 4.58. The molecular weight excluding hydrogens is 256 g/mol. The molecule has 0 spiro atoms. The molecule has 0 bridgehead atoms. The lowest BCUT2D eigenvalue weighted by molar-refractivity contribution is 0.620. The molecule has 1 saturated heterocycles. The van der Waals surface area contributed by atoms with Gasteiger partial charge in [-0.25, -0.2) is 9.97 Å². The SMILES string of the molecule is CCCN(c1ncnc2c(C)csc12)C1CCNC1. The maximum Gasteiger partial charge on any atom is 0.150 e. The Morgan fingerprint density at radius 2 is 2.37 bits per heavy atom. The third kappa shape index (κ3) is 2.32. The van der Waals surface area contributed by atoms with Crippen molar-refractivity contribution in [1.82, 2.24) is 15.3 Å². The molecule has 3 heterocycles. The zero-order valence-corrected chi connectivity index (χ0v) is 12.3. The summed E-state index contributed by atoms with van der Waals surface area (Å²) in [6.07, 6.45) is 4.06. The Morgan fingerprint density at radius 3 is 3.11 bits per heavy atom. The zero-order valence-electron chi connectivity index (χ0n) is 11.5. The lowest BCUT2D eigenvalue weighted by atomic mass is 10.2. The van der Waals surface area contributed by atoms with Crippen molar-refractivity contribution in [3.05, 3.63) is 17.3 Å². The third-order valence-electron chi connectivity index (χ3n) is 3.72. The predicted molar refractivity (Wildman–Crippen MR) is 81.1 cm³/mol. The molecule has 0 amide bonds. The smallest absolute Gasteiger partial charge is 0.150 e. The van der Waals surface area contributed by atoms with Crippen molar-refractivity contribution in [1.29, 1.82) is 0 Å². The van der Waals surface area contributed by atoms with Crippen LogP contribution in [0.15, 0.2) is 11.7 Å². The molecule has 19 heavy (non-hydrogen) atoms. The summed E-state index contributed by atoms with van der Waals surface area (Å²) in [6, 6.07) is 0.570. The molecule has 2 aromatic heterocycles. The number of fused-ring (bicyclic) bond motifs is 1. The molecule has 4 nitrogen and oxygen atoms in total. The first-order chi connectivity index (χ1) is 9.31. The topological polar surface area (TPSA) is 41.1 Å². The van der Waals surface area contributed by atoms with Gasteiger partial charge >= 0.3 is 0 Å². The van der Waals surface area contributed by atoms with E-state index in [0.29, 0.717) is 6.04 Å². The number of aromatic nitrogens is 2. The largest absolute Gasteiger partial charge is 0.351 e. The molecule has 0 saturated carbocycles. The molecule has 1 aliphatic rings. The van der Waals surface area contributed by atoms with E-state index >= 15 is 0 Å². The van der Waals surface area contributed by atoms with Crippen LogP contribution in [0, 0.1) is 6.92 Å². The van der Waals surface area contributed by atoms with Crippen molar-refractivity contribution in [3.8, 4) is 0 Å². The first-order valence-corrected chi connectivity index (χ1v) is 7.85. The Hall–Kier alpha value is -1.20. The summed E-state index contributed by atoms with van der Waals surface area (Å²) in [6.45, 7) is 7.60. The fourth-order valence-corrected chi connectivity index (χ4v) is 3.78. The molecule has 5 heteroatoms. The Kier molecular flexibility index (Phi) is 3.66. The minimum absolute atomic E-state index is 0.570. The second-order valence-electron chi connectivity index (χ2n) is 5.13. The molecular formula is C14H20N4S. The van der Waals surface area contributed by atoms with Crippen LogP contribution in [0.25, 0.3) is 10.2 Å². The molecule has 0 radical (unpaired) electrons. The lowest BCUT2D eigenvalue weighted by Gasteiger charge is -2.29. The predicted octanol–water partition coefficient (Wildman–Crippen LogP) is 2.58. The number of anilines is 1. The Bertz CT molecular complexity index is 560. The van der Waals surface area contributed by atoms with Crippen LogP contribution in [0.3, 0.4) is 0 Å². The van der Waals surface area contributed by atoms with E-state index in [9.17, 15) is 0 Å². The van der Waals surface area contributed by atoms with Gasteiger partial charge in [-0.1, -0.05) is 6.92 Å². The average Bonchev–Trinajstić information content (AvgIpc) is 3.06. The molecule has 102 valence electrons. The molecule has 2 aromatic rings. The summed E-state index contributed by atoms with van der Waals surface area (Å²) in [5, 5.41) is 5.63. The highest BCUT2D eigenvalue weighted by Gasteiger charge is 2.25. The van der Waals surface area contributed by atoms with Gasteiger partial charge in [-0.05, 0) is 37.3 Å². The molecule has 0 aromatic carbocycles. The number of thiophene rings is 1. The van der Waals surface area contributed by atoms with Gasteiger partial charge in [0.1, 0.15) is 12.1 Å². The van der Waals surface area contributed by atoms with E-state index in [0.717, 1.165) is 37.4 Å². The van der Waals surface area contributed by atoms with Gasteiger partial charge < -0.3 is 10.2 Å². The van der Waals surface area contributed by atoms with Gasteiger partial charge in [0.2, 0.25) is 0 Å². The summed E-state index contributed by atoms with van der Waals surface area (Å²) in [5.41, 5.74) is 2.37. The molecule has 1 aliphatic heterocycles. The standard InChI is InChI=1S/C14H20N4S/c1-3-6-18(11-4-5-15-7-11)14-13-12(16-9-17-14)10(2)8-19-13/h8-9,11,15H,3-7H2,1-2H3. The van der Waals surface area contributed by atoms with E-state index in [1.54, 1.807) is 17.7 Å². The molecule has 1 unspecified atom stereocenters. The maximum atomic E-state index is 4.58. The van der Waals surface area contributed by atoms with Gasteiger partial charge in [-0.2, -0.15) is 0 Å². The first-order valence-electron chi connectivity index (χ1n) is 6.97. The average molecular weight is 276 g/mol. The summed E-state index contributed by atoms with van der Waals surface area (Å²) in [4.78, 5) is 11.5. The highest BCUT2D eigenvalue weighted by molar-refractivity contribution is 7.18. The van der Waals surface area contributed by atoms with Crippen LogP contribution >= 0.6 is 11.3 Å². The molecule has 1 fully saturated rings. The summed E-state index contributed by atoms with van der Waals surface area (Å²) < 4.78 is 1.24. The van der Waals surface area contributed by atoms with E-state index in [1.807, 2.05) is 0 Å². The summed E-state index contributed by atoms with van der Waals surface area (Å²) in [7, 11) is 0. The minimum atomic E-state index is 0.570. The van der Waals surface area contributed by atoms with Crippen LogP contribution in [-0.4, -0.2) is 35.6 Å². The second kappa shape index (κ2) is 5.43. The monoisotopic (exact) mass is 276 g/mol. The first kappa shape index (κ1) is 12.8. The van der Waals surface area contributed by atoms with Gasteiger partial charge in [0.25, 0.3) is 0 Å². The number of rotatable bonds is 4. The van der Waals surface area contributed by atoms with Crippen molar-refractivity contribution >= 4 is 27.4 Å². The quantitative estimate of drug-likeness (QED) is 0.932. The second-order valence-corrected chi connectivity index (χ2v) is 6.01. The highest BCUT2D eigenvalue weighted by Crippen LogP contribution is 2.32. The van der Waals surface area contributed by atoms with Crippen molar-refractivity contribution in [2.45, 2.75) is 32.7 Å². The zero-order chi connectivity index (χ0) is 13.2. The molecule has 0 aliphatic carbocycles. The molecule has 1 N–H and O–H groups in total. The lowest BCUT2D eigenvalue weighted by Crippen LogP contribution is -2.38. The van der Waals surface area contributed by atoms with Crippen LogP contribution in [-0.2, 0) is 0 Å². The number of hydrogen-bond acceptors (Lipinski definition) is 5. The van der Waals surface area contributed by atoms with Gasteiger partial charge in [0.15, 0.2) is 0 Å². The van der Waals surface area contributed by atoms with Crippen molar-refractivity contribution in [2.75, 3.05) is 24.5 Å². The van der Waals surface area contributed by atoms with Crippen molar-refractivity contribution in [2.24, 2.45) is 0 Å². The van der Waals surface area contributed by atoms with Gasteiger partial charge in [0.05, 0.1) is 10.2 Å². The van der Waals surface area contributed by atoms with Crippen LogP contribution in [0.2, 0.25) is 0 Å². The number of nitrogens with zero attached hydrogens (tertiary/aromatic N) is 3. The molecule has 1 atom stereocenters. The van der Waals surface area contributed by atoms with Gasteiger partial charge in [0, 0.05) is 19.1 Å². The Morgan fingerprint density at radius 1 is 1.47 bits per heavy atom. The fourth-order valence-electron chi connectivity index (χ4n) is 2.77. The van der Waals surface area contributed by atoms with Crippen LogP contribution in [0.4, 0.5) is 5.82 Å². The van der Waals surface area contributed by atoms with E-state index in [2.05, 4.69) is 39.4 Å². The third-order valence-corrected chi connectivity index (χ3v) is 4.81. The van der Waals surface area contributed by atoms with E-state index in [4.69, 9.17) is 0 Å².